The first kappa shape index (κ1) is 10.3. The van der Waals surface area contributed by atoms with E-state index < -0.39 is 0 Å². The highest BCUT2D eigenvalue weighted by Crippen LogP contribution is 2.08. The van der Waals surface area contributed by atoms with Crippen molar-refractivity contribution < 1.29 is 4.79 Å². The zero-order valence-corrected chi connectivity index (χ0v) is 8.66. The van der Waals surface area contributed by atoms with E-state index in [0.717, 1.165) is 19.6 Å². The maximum atomic E-state index is 11.5. The fourth-order valence-electron chi connectivity index (χ4n) is 1.71. The minimum atomic E-state index is 0.142. The number of nitrogens with zero attached hydrogens (tertiary/aromatic N) is 2. The minimum absolute atomic E-state index is 0.142. The van der Waals surface area contributed by atoms with Crippen LogP contribution in [0.2, 0.25) is 0 Å². The first-order chi connectivity index (χ1) is 6.15. The maximum absolute atomic E-state index is 11.5. The largest absolute Gasteiger partial charge is 0.334 e. The maximum Gasteiger partial charge on any atom is 0.246 e. The Balaban J connectivity index is 2.55. The van der Waals surface area contributed by atoms with Crippen LogP contribution in [0.5, 0.6) is 0 Å². The summed E-state index contributed by atoms with van der Waals surface area (Å²) in [6.45, 7) is 6.77. The lowest BCUT2D eigenvalue weighted by Gasteiger charge is -2.37. The lowest BCUT2D eigenvalue weighted by atomic mass is 10.2. The summed E-state index contributed by atoms with van der Waals surface area (Å²) >= 11 is 0. The SMILES string of the molecule is C/C=C/C(=O)N1CCN(C)CC1C. The molecule has 1 amide bonds. The van der Waals surface area contributed by atoms with E-state index in [-0.39, 0.29) is 5.91 Å². The summed E-state index contributed by atoms with van der Waals surface area (Å²) in [4.78, 5) is 15.7. The van der Waals surface area contributed by atoms with E-state index in [1.165, 1.54) is 0 Å². The van der Waals surface area contributed by atoms with Gasteiger partial charge in [0.1, 0.15) is 0 Å². The molecule has 0 aliphatic carbocycles. The van der Waals surface area contributed by atoms with Crippen LogP contribution in [0.4, 0.5) is 0 Å². The van der Waals surface area contributed by atoms with Gasteiger partial charge in [0.2, 0.25) is 5.91 Å². The molecule has 0 spiro atoms. The van der Waals surface area contributed by atoms with Crippen molar-refractivity contribution in [2.45, 2.75) is 19.9 Å². The number of hydrogen-bond acceptors (Lipinski definition) is 2. The second kappa shape index (κ2) is 4.42. The van der Waals surface area contributed by atoms with Gasteiger partial charge in [0, 0.05) is 25.7 Å². The van der Waals surface area contributed by atoms with Gasteiger partial charge >= 0.3 is 0 Å². The summed E-state index contributed by atoms with van der Waals surface area (Å²) in [6, 6.07) is 0.336. The summed E-state index contributed by atoms with van der Waals surface area (Å²) in [6.07, 6.45) is 3.44. The van der Waals surface area contributed by atoms with Gasteiger partial charge in [-0.15, -0.1) is 0 Å². The van der Waals surface area contributed by atoms with Gasteiger partial charge in [-0.05, 0) is 27.0 Å². The molecule has 13 heavy (non-hydrogen) atoms. The number of rotatable bonds is 1. The normalized spacial score (nSPS) is 25.5. The van der Waals surface area contributed by atoms with Crippen molar-refractivity contribution in [2.24, 2.45) is 0 Å². The van der Waals surface area contributed by atoms with Crippen molar-refractivity contribution in [1.29, 1.82) is 0 Å². The third-order valence-corrected chi connectivity index (χ3v) is 2.42. The van der Waals surface area contributed by atoms with Gasteiger partial charge in [0.05, 0.1) is 0 Å². The van der Waals surface area contributed by atoms with E-state index in [0.29, 0.717) is 6.04 Å². The molecule has 0 N–H and O–H groups in total. The van der Waals surface area contributed by atoms with E-state index in [1.807, 2.05) is 11.8 Å². The summed E-state index contributed by atoms with van der Waals surface area (Å²) in [5, 5.41) is 0. The van der Waals surface area contributed by atoms with E-state index in [4.69, 9.17) is 0 Å². The highest BCUT2D eigenvalue weighted by atomic mass is 16.2. The van der Waals surface area contributed by atoms with Crippen molar-refractivity contribution in [3.8, 4) is 0 Å². The number of hydrogen-bond donors (Lipinski definition) is 0. The first-order valence-electron chi connectivity index (χ1n) is 4.77. The van der Waals surface area contributed by atoms with Gasteiger partial charge in [0.25, 0.3) is 0 Å². The molecule has 0 aromatic heterocycles. The van der Waals surface area contributed by atoms with Crippen molar-refractivity contribution >= 4 is 5.91 Å². The van der Waals surface area contributed by atoms with E-state index in [9.17, 15) is 4.79 Å². The van der Waals surface area contributed by atoms with E-state index >= 15 is 0 Å². The fraction of sp³-hybridized carbons (Fsp3) is 0.700. The Bertz CT molecular complexity index is 213. The minimum Gasteiger partial charge on any atom is -0.334 e. The third-order valence-electron chi connectivity index (χ3n) is 2.42. The quantitative estimate of drug-likeness (QED) is 0.558. The predicted molar refractivity (Wildman–Crippen MR) is 53.5 cm³/mol. The summed E-state index contributed by atoms with van der Waals surface area (Å²) in [5.41, 5.74) is 0. The van der Waals surface area contributed by atoms with Crippen LogP contribution in [-0.4, -0.2) is 48.4 Å². The molecule has 1 atom stereocenters. The summed E-state index contributed by atoms with van der Waals surface area (Å²) in [7, 11) is 2.09. The first-order valence-corrected chi connectivity index (χ1v) is 4.77. The Morgan fingerprint density at radius 1 is 1.46 bits per heavy atom. The monoisotopic (exact) mass is 182 g/mol. The Labute approximate surface area is 80.0 Å². The third kappa shape index (κ3) is 2.56. The molecule has 3 nitrogen and oxygen atoms in total. The van der Waals surface area contributed by atoms with E-state index in [2.05, 4.69) is 18.9 Å². The Morgan fingerprint density at radius 3 is 2.69 bits per heavy atom. The van der Waals surface area contributed by atoms with Crippen LogP contribution in [0.15, 0.2) is 12.2 Å². The van der Waals surface area contributed by atoms with Gasteiger partial charge in [-0.3, -0.25) is 4.79 Å². The van der Waals surface area contributed by atoms with Crippen molar-refractivity contribution in [3.05, 3.63) is 12.2 Å². The van der Waals surface area contributed by atoms with Crippen LogP contribution in [0, 0.1) is 0 Å². The summed E-state index contributed by atoms with van der Waals surface area (Å²) in [5.74, 6) is 0.142. The highest BCUT2D eigenvalue weighted by molar-refractivity contribution is 5.87. The molecule has 1 fully saturated rings. The number of carbonyl (C=O) groups is 1. The Hall–Kier alpha value is -0.830. The van der Waals surface area contributed by atoms with Crippen LogP contribution < -0.4 is 0 Å². The molecule has 74 valence electrons. The molecule has 0 bridgehead atoms. The number of carbonyl (C=O) groups excluding carboxylic acids is 1. The zero-order chi connectivity index (χ0) is 9.84. The molecule has 1 saturated heterocycles. The van der Waals surface area contributed by atoms with Gasteiger partial charge in [0.15, 0.2) is 0 Å². The molecule has 0 radical (unpaired) electrons. The van der Waals surface area contributed by atoms with Crippen LogP contribution in [0.25, 0.3) is 0 Å². The van der Waals surface area contributed by atoms with Gasteiger partial charge in [-0.25, -0.2) is 0 Å². The summed E-state index contributed by atoms with van der Waals surface area (Å²) < 4.78 is 0. The van der Waals surface area contributed by atoms with Crippen LogP contribution >= 0.6 is 0 Å². The molecule has 1 aliphatic heterocycles. The molecular weight excluding hydrogens is 164 g/mol. The van der Waals surface area contributed by atoms with Gasteiger partial charge in [-0.1, -0.05) is 6.08 Å². The van der Waals surface area contributed by atoms with Crippen molar-refractivity contribution in [1.82, 2.24) is 9.80 Å². The predicted octanol–water partition coefficient (Wildman–Crippen LogP) is 0.725. The highest BCUT2D eigenvalue weighted by Gasteiger charge is 2.23. The molecule has 1 aliphatic rings. The average Bonchev–Trinajstić information content (AvgIpc) is 2.04. The molecular formula is C10H18N2O. The topological polar surface area (TPSA) is 23.6 Å². The average molecular weight is 182 g/mol. The smallest absolute Gasteiger partial charge is 0.246 e. The van der Waals surface area contributed by atoms with Crippen LogP contribution in [-0.2, 0) is 4.79 Å². The molecule has 1 rings (SSSR count). The standard InChI is InChI=1S/C10H18N2O/c1-4-5-10(13)12-7-6-11(3)8-9(12)2/h4-5,9H,6-8H2,1-3H3/b5-4+. The lowest BCUT2D eigenvalue weighted by molar-refractivity contribution is -0.130. The second-order valence-corrected chi connectivity index (χ2v) is 3.64. The van der Waals surface area contributed by atoms with Crippen LogP contribution in [0.1, 0.15) is 13.8 Å². The van der Waals surface area contributed by atoms with E-state index in [1.54, 1.807) is 12.2 Å². The van der Waals surface area contributed by atoms with Crippen molar-refractivity contribution in [3.63, 3.8) is 0 Å². The molecule has 1 unspecified atom stereocenters. The second-order valence-electron chi connectivity index (χ2n) is 3.64. The van der Waals surface area contributed by atoms with Crippen LogP contribution in [0.3, 0.4) is 0 Å². The molecule has 0 saturated carbocycles. The van der Waals surface area contributed by atoms with Crippen molar-refractivity contribution in [2.75, 3.05) is 26.7 Å². The Morgan fingerprint density at radius 2 is 2.15 bits per heavy atom. The van der Waals surface area contributed by atoms with Gasteiger partial charge in [-0.2, -0.15) is 0 Å². The number of piperazine rings is 1. The number of allylic oxidation sites excluding steroid dienone is 1. The van der Waals surface area contributed by atoms with Gasteiger partial charge < -0.3 is 9.80 Å². The number of likely N-dealkylation sites (N-methyl/N-ethyl adjacent to an activating group) is 1. The fourth-order valence-corrected chi connectivity index (χ4v) is 1.71. The number of amides is 1. The lowest BCUT2D eigenvalue weighted by Crippen LogP contribution is -2.52. The zero-order valence-electron chi connectivity index (χ0n) is 8.66. The Kier molecular flexibility index (Phi) is 3.48. The molecule has 1 heterocycles. The molecule has 0 aromatic rings. The molecule has 0 aromatic carbocycles. The molecule has 3 heteroatoms.